The minimum absolute atomic E-state index is 0.141. The third-order valence-corrected chi connectivity index (χ3v) is 3.36. The molecule has 0 bridgehead atoms. The zero-order valence-electron chi connectivity index (χ0n) is 11.5. The zero-order chi connectivity index (χ0) is 14.5. The lowest BCUT2D eigenvalue weighted by Gasteiger charge is -2.16. The molecule has 20 heavy (non-hydrogen) atoms. The maximum absolute atomic E-state index is 13.2. The molecule has 1 N–H and O–H groups in total. The topological polar surface area (TPSA) is 21.3 Å². The molecule has 2 aromatic rings. The molecular weight excluding hydrogens is 277 g/mol. The van der Waals surface area contributed by atoms with E-state index in [1.54, 1.807) is 13.2 Å². The lowest BCUT2D eigenvalue weighted by Crippen LogP contribution is -2.18. The Morgan fingerprint density at radius 3 is 2.55 bits per heavy atom. The minimum Gasteiger partial charge on any atom is -0.497 e. The van der Waals surface area contributed by atoms with Gasteiger partial charge in [0.2, 0.25) is 0 Å². The van der Waals surface area contributed by atoms with Crippen LogP contribution in [0.1, 0.15) is 12.5 Å². The van der Waals surface area contributed by atoms with Gasteiger partial charge in [0.15, 0.2) is 0 Å². The maximum Gasteiger partial charge on any atom is 0.125 e. The largest absolute Gasteiger partial charge is 0.497 e. The Morgan fingerprint density at radius 1 is 1.20 bits per heavy atom. The summed E-state index contributed by atoms with van der Waals surface area (Å²) < 4.78 is 18.3. The van der Waals surface area contributed by atoms with Crippen molar-refractivity contribution >= 4 is 17.3 Å². The summed E-state index contributed by atoms with van der Waals surface area (Å²) in [5.74, 6) is 0.538. The van der Waals surface area contributed by atoms with Crippen LogP contribution in [0.4, 0.5) is 10.1 Å². The van der Waals surface area contributed by atoms with Crippen LogP contribution in [0.5, 0.6) is 5.75 Å². The van der Waals surface area contributed by atoms with E-state index in [-0.39, 0.29) is 11.9 Å². The Bertz CT molecular complexity index is 571. The molecule has 4 heteroatoms. The average molecular weight is 294 g/mol. The number of methoxy groups -OCH3 is 1. The first kappa shape index (κ1) is 14.7. The van der Waals surface area contributed by atoms with Crippen molar-refractivity contribution in [3.05, 3.63) is 58.9 Å². The van der Waals surface area contributed by atoms with Gasteiger partial charge in [0, 0.05) is 6.04 Å². The van der Waals surface area contributed by atoms with Crippen molar-refractivity contribution in [3.8, 4) is 5.75 Å². The van der Waals surface area contributed by atoms with Crippen LogP contribution in [0, 0.1) is 5.82 Å². The summed E-state index contributed by atoms with van der Waals surface area (Å²) in [6.45, 7) is 2.03. The van der Waals surface area contributed by atoms with Crippen molar-refractivity contribution < 1.29 is 9.13 Å². The van der Waals surface area contributed by atoms with Gasteiger partial charge in [-0.1, -0.05) is 23.7 Å². The first-order chi connectivity index (χ1) is 9.58. The predicted octanol–water partition coefficient (Wildman–Crippen LogP) is 4.53. The Kier molecular flexibility index (Phi) is 4.85. The molecule has 0 saturated carbocycles. The second-order valence-electron chi connectivity index (χ2n) is 4.72. The van der Waals surface area contributed by atoms with E-state index in [1.165, 1.54) is 17.7 Å². The lowest BCUT2D eigenvalue weighted by atomic mass is 10.1. The lowest BCUT2D eigenvalue weighted by molar-refractivity contribution is 0.414. The molecule has 0 radical (unpaired) electrons. The second kappa shape index (κ2) is 6.62. The molecule has 0 aliphatic rings. The summed E-state index contributed by atoms with van der Waals surface area (Å²) in [5.41, 5.74) is 1.80. The normalized spacial score (nSPS) is 12.0. The van der Waals surface area contributed by atoms with Crippen molar-refractivity contribution in [2.45, 2.75) is 19.4 Å². The van der Waals surface area contributed by atoms with Gasteiger partial charge in [-0.25, -0.2) is 4.39 Å². The molecule has 0 fully saturated rings. The number of hydrogen-bond acceptors (Lipinski definition) is 2. The Hall–Kier alpha value is -1.74. The summed E-state index contributed by atoms with van der Waals surface area (Å²) in [4.78, 5) is 0. The van der Waals surface area contributed by atoms with Crippen LogP contribution in [-0.4, -0.2) is 13.2 Å². The van der Waals surface area contributed by atoms with Gasteiger partial charge in [-0.05, 0) is 49.2 Å². The molecule has 2 rings (SSSR count). The van der Waals surface area contributed by atoms with Crippen molar-refractivity contribution in [3.63, 3.8) is 0 Å². The van der Waals surface area contributed by atoms with Gasteiger partial charge in [0.25, 0.3) is 0 Å². The first-order valence-electron chi connectivity index (χ1n) is 6.43. The van der Waals surface area contributed by atoms with Crippen molar-refractivity contribution in [2.24, 2.45) is 0 Å². The van der Waals surface area contributed by atoms with E-state index in [1.807, 2.05) is 31.2 Å². The van der Waals surface area contributed by atoms with E-state index in [0.29, 0.717) is 10.7 Å². The average Bonchev–Trinajstić information content (AvgIpc) is 2.43. The van der Waals surface area contributed by atoms with Crippen molar-refractivity contribution in [2.75, 3.05) is 12.4 Å². The van der Waals surface area contributed by atoms with E-state index < -0.39 is 0 Å². The quantitative estimate of drug-likeness (QED) is 0.874. The Balaban J connectivity index is 2.00. The number of nitrogens with one attached hydrogen (secondary N) is 1. The molecule has 1 atom stereocenters. The molecule has 106 valence electrons. The fraction of sp³-hybridized carbons (Fsp3) is 0.250. The van der Waals surface area contributed by atoms with Crippen LogP contribution in [0.15, 0.2) is 42.5 Å². The highest BCUT2D eigenvalue weighted by Crippen LogP contribution is 2.24. The summed E-state index contributed by atoms with van der Waals surface area (Å²) in [6, 6.07) is 12.3. The standard InChI is InChI=1S/C16H17ClFNO/c1-11(9-12-3-6-14(20-2)7-4-12)19-16-10-13(18)5-8-15(16)17/h3-8,10-11,19H,9H2,1-2H3. The number of hydrogen-bond donors (Lipinski definition) is 1. The van der Waals surface area contributed by atoms with Crippen LogP contribution < -0.4 is 10.1 Å². The Labute approximate surface area is 123 Å². The van der Waals surface area contributed by atoms with E-state index in [9.17, 15) is 4.39 Å². The van der Waals surface area contributed by atoms with Gasteiger partial charge in [0.1, 0.15) is 11.6 Å². The fourth-order valence-electron chi connectivity index (χ4n) is 2.04. The molecular formula is C16H17ClFNO. The summed E-state index contributed by atoms with van der Waals surface area (Å²) >= 11 is 6.04. The highest BCUT2D eigenvalue weighted by atomic mass is 35.5. The zero-order valence-corrected chi connectivity index (χ0v) is 12.2. The van der Waals surface area contributed by atoms with Crippen LogP contribution in [0.2, 0.25) is 5.02 Å². The van der Waals surface area contributed by atoms with Gasteiger partial charge < -0.3 is 10.1 Å². The minimum atomic E-state index is -0.298. The summed E-state index contributed by atoms with van der Waals surface area (Å²) in [7, 11) is 1.64. The smallest absolute Gasteiger partial charge is 0.125 e. The first-order valence-corrected chi connectivity index (χ1v) is 6.81. The van der Waals surface area contributed by atoms with Crippen LogP contribution in [0.3, 0.4) is 0 Å². The van der Waals surface area contributed by atoms with Crippen molar-refractivity contribution in [1.29, 1.82) is 0 Å². The van der Waals surface area contributed by atoms with E-state index in [2.05, 4.69) is 5.32 Å². The highest BCUT2D eigenvalue weighted by molar-refractivity contribution is 6.33. The monoisotopic (exact) mass is 293 g/mol. The molecule has 1 unspecified atom stereocenters. The van der Waals surface area contributed by atoms with E-state index in [4.69, 9.17) is 16.3 Å². The van der Waals surface area contributed by atoms with Gasteiger partial charge >= 0.3 is 0 Å². The maximum atomic E-state index is 13.2. The molecule has 0 saturated heterocycles. The SMILES string of the molecule is COc1ccc(CC(C)Nc2cc(F)ccc2Cl)cc1. The highest BCUT2D eigenvalue weighted by Gasteiger charge is 2.07. The van der Waals surface area contributed by atoms with Gasteiger partial charge in [0.05, 0.1) is 17.8 Å². The third-order valence-electron chi connectivity index (χ3n) is 3.03. The summed E-state index contributed by atoms with van der Waals surface area (Å²) in [6.07, 6.45) is 0.816. The number of halogens is 2. The van der Waals surface area contributed by atoms with Gasteiger partial charge in [-0.2, -0.15) is 0 Å². The fourth-order valence-corrected chi connectivity index (χ4v) is 2.21. The molecule has 0 amide bonds. The molecule has 0 aliphatic heterocycles. The predicted molar refractivity (Wildman–Crippen MR) is 81.2 cm³/mol. The molecule has 0 aliphatic carbocycles. The van der Waals surface area contributed by atoms with Crippen LogP contribution in [0.25, 0.3) is 0 Å². The molecule has 2 aromatic carbocycles. The van der Waals surface area contributed by atoms with Gasteiger partial charge in [-0.3, -0.25) is 0 Å². The van der Waals surface area contributed by atoms with Gasteiger partial charge in [-0.15, -0.1) is 0 Å². The van der Waals surface area contributed by atoms with Crippen molar-refractivity contribution in [1.82, 2.24) is 0 Å². The number of rotatable bonds is 5. The van der Waals surface area contributed by atoms with E-state index in [0.717, 1.165) is 12.2 Å². The summed E-state index contributed by atoms with van der Waals surface area (Å²) in [5, 5.41) is 3.75. The molecule has 0 aromatic heterocycles. The van der Waals surface area contributed by atoms with E-state index >= 15 is 0 Å². The second-order valence-corrected chi connectivity index (χ2v) is 5.13. The van der Waals surface area contributed by atoms with Crippen LogP contribution >= 0.6 is 11.6 Å². The number of benzene rings is 2. The molecule has 0 spiro atoms. The molecule has 2 nitrogen and oxygen atoms in total. The molecule has 0 heterocycles. The Morgan fingerprint density at radius 2 is 1.90 bits per heavy atom. The third kappa shape index (κ3) is 3.87. The van der Waals surface area contributed by atoms with Crippen LogP contribution in [-0.2, 0) is 6.42 Å². The number of anilines is 1. The number of ether oxygens (including phenoxy) is 1.